The average molecular weight is 657 g/mol. The van der Waals surface area contributed by atoms with Crippen molar-refractivity contribution < 1.29 is 19.8 Å². The minimum atomic E-state index is -0.923. The minimum Gasteiger partial charge on any atom is -0.478 e. The SMILES string of the molecule is Cc1nc2nc(SCc3ccccc3C(=O)O)nn2c(C)c1C.Cc1nc2nc(SCc3ccccc3C(=O)O)nn2c(C)c1C. The third kappa shape index (κ3) is 6.87. The van der Waals surface area contributed by atoms with Crippen LogP contribution in [0.25, 0.3) is 11.6 Å². The highest BCUT2D eigenvalue weighted by molar-refractivity contribution is 7.98. The molecule has 0 unspecified atom stereocenters. The molecule has 2 N–H and O–H groups in total. The van der Waals surface area contributed by atoms with E-state index in [1.165, 1.54) is 23.5 Å². The average Bonchev–Trinajstić information content (AvgIpc) is 3.65. The number of benzene rings is 2. The monoisotopic (exact) mass is 656 g/mol. The summed E-state index contributed by atoms with van der Waals surface area (Å²) in [6.45, 7) is 11.9. The van der Waals surface area contributed by atoms with Gasteiger partial charge in [-0.05, 0) is 75.9 Å². The second kappa shape index (κ2) is 13.7. The number of fused-ring (bicyclic) bond motifs is 2. The Labute approximate surface area is 273 Å². The van der Waals surface area contributed by atoms with Crippen LogP contribution in [-0.4, -0.2) is 61.3 Å². The van der Waals surface area contributed by atoms with Crippen molar-refractivity contribution in [1.29, 1.82) is 0 Å². The molecule has 0 radical (unpaired) electrons. The number of carboxylic acid groups (broad SMARTS) is 2. The highest BCUT2D eigenvalue weighted by Gasteiger charge is 2.15. The number of carbonyl (C=O) groups is 2. The predicted octanol–water partition coefficient (Wildman–Crippen LogP) is 6.08. The first kappa shape index (κ1) is 32.6. The molecular formula is C32H32N8O4S2. The predicted molar refractivity (Wildman–Crippen MR) is 176 cm³/mol. The van der Waals surface area contributed by atoms with Gasteiger partial charge in [-0.3, -0.25) is 0 Å². The van der Waals surface area contributed by atoms with Crippen LogP contribution in [0, 0.1) is 41.5 Å². The molecule has 0 fully saturated rings. The fraction of sp³-hybridized carbons (Fsp3) is 0.250. The molecule has 0 aliphatic rings. The van der Waals surface area contributed by atoms with Gasteiger partial charge in [0.1, 0.15) is 0 Å². The molecule has 0 atom stereocenters. The van der Waals surface area contributed by atoms with E-state index in [0.717, 1.165) is 45.0 Å². The van der Waals surface area contributed by atoms with Crippen molar-refractivity contribution >= 4 is 47.0 Å². The van der Waals surface area contributed by atoms with Crippen LogP contribution in [0.2, 0.25) is 0 Å². The molecule has 0 saturated heterocycles. The summed E-state index contributed by atoms with van der Waals surface area (Å²) in [6.07, 6.45) is 0. The molecule has 46 heavy (non-hydrogen) atoms. The van der Waals surface area contributed by atoms with Gasteiger partial charge in [-0.1, -0.05) is 59.9 Å². The topological polar surface area (TPSA) is 161 Å². The van der Waals surface area contributed by atoms with Gasteiger partial charge >= 0.3 is 11.9 Å². The zero-order valence-electron chi connectivity index (χ0n) is 26.1. The van der Waals surface area contributed by atoms with Crippen LogP contribution in [0.3, 0.4) is 0 Å². The fourth-order valence-electron chi connectivity index (χ4n) is 4.59. The standard InChI is InChI=1S/2C16H16N4O2S/c2*1-9-10(2)17-15-18-16(19-20(15)11(9)3)23-8-12-6-4-5-7-13(12)14(21)22/h2*4-7H,8H2,1-3H3,(H,21,22). The first-order valence-electron chi connectivity index (χ1n) is 14.2. The minimum absolute atomic E-state index is 0.310. The Bertz CT molecular complexity index is 1960. The molecule has 6 rings (SSSR count). The van der Waals surface area contributed by atoms with Gasteiger partial charge < -0.3 is 10.2 Å². The normalized spacial score (nSPS) is 11.1. The van der Waals surface area contributed by atoms with Crippen LogP contribution < -0.4 is 0 Å². The maximum absolute atomic E-state index is 11.2. The molecular weight excluding hydrogens is 625 g/mol. The van der Waals surface area contributed by atoms with Gasteiger partial charge in [-0.25, -0.2) is 28.6 Å². The molecule has 0 amide bonds. The van der Waals surface area contributed by atoms with Crippen LogP contribution in [0.1, 0.15) is 65.7 Å². The Kier molecular flexibility index (Phi) is 9.68. The Morgan fingerprint density at radius 1 is 0.609 bits per heavy atom. The first-order valence-corrected chi connectivity index (χ1v) is 16.2. The van der Waals surface area contributed by atoms with Crippen LogP contribution in [0.5, 0.6) is 0 Å². The summed E-state index contributed by atoms with van der Waals surface area (Å²) >= 11 is 2.81. The van der Waals surface area contributed by atoms with E-state index in [0.29, 0.717) is 44.5 Å². The summed E-state index contributed by atoms with van der Waals surface area (Å²) in [6, 6.07) is 13.9. The number of rotatable bonds is 8. The van der Waals surface area contributed by atoms with Crippen molar-refractivity contribution in [3.8, 4) is 0 Å². The molecule has 2 aromatic carbocycles. The summed E-state index contributed by atoms with van der Waals surface area (Å²) in [5, 5.41) is 28.5. The zero-order valence-corrected chi connectivity index (χ0v) is 27.8. The van der Waals surface area contributed by atoms with Crippen molar-refractivity contribution in [2.45, 2.75) is 63.4 Å². The number of nitrogens with zero attached hydrogens (tertiary/aromatic N) is 8. The summed E-state index contributed by atoms with van der Waals surface area (Å²) in [5.41, 5.74) is 8.21. The van der Waals surface area contributed by atoms with Gasteiger partial charge in [0, 0.05) is 34.3 Å². The van der Waals surface area contributed by atoms with Gasteiger partial charge in [0.25, 0.3) is 11.6 Å². The highest BCUT2D eigenvalue weighted by Crippen LogP contribution is 2.25. The quantitative estimate of drug-likeness (QED) is 0.182. The number of hydrogen-bond acceptors (Lipinski definition) is 10. The molecule has 236 valence electrons. The number of aromatic nitrogens is 8. The Hall–Kier alpha value is -4.82. The molecule has 14 heteroatoms. The third-order valence-corrected chi connectivity index (χ3v) is 9.46. The van der Waals surface area contributed by atoms with Crippen molar-refractivity contribution in [2.24, 2.45) is 0 Å². The first-order chi connectivity index (χ1) is 21.9. The van der Waals surface area contributed by atoms with Gasteiger partial charge in [-0.15, -0.1) is 10.2 Å². The third-order valence-electron chi connectivity index (χ3n) is 7.69. The number of aromatic carboxylic acids is 2. The summed E-state index contributed by atoms with van der Waals surface area (Å²) in [5.74, 6) is 0.285. The smallest absolute Gasteiger partial charge is 0.335 e. The van der Waals surface area contributed by atoms with Crippen LogP contribution >= 0.6 is 23.5 Å². The van der Waals surface area contributed by atoms with E-state index in [4.69, 9.17) is 0 Å². The zero-order chi connectivity index (χ0) is 33.1. The Morgan fingerprint density at radius 2 is 0.978 bits per heavy atom. The lowest BCUT2D eigenvalue weighted by Crippen LogP contribution is -2.02. The van der Waals surface area contributed by atoms with Crippen LogP contribution in [0.15, 0.2) is 58.8 Å². The number of thioether (sulfide) groups is 2. The number of hydrogen-bond donors (Lipinski definition) is 2. The van der Waals surface area contributed by atoms with Crippen molar-refractivity contribution in [3.63, 3.8) is 0 Å². The van der Waals surface area contributed by atoms with Gasteiger partial charge in [0.05, 0.1) is 11.1 Å². The highest BCUT2D eigenvalue weighted by atomic mass is 32.2. The largest absolute Gasteiger partial charge is 0.478 e. The summed E-state index contributed by atoms with van der Waals surface area (Å²) in [4.78, 5) is 40.2. The molecule has 6 aromatic rings. The summed E-state index contributed by atoms with van der Waals surface area (Å²) in [7, 11) is 0. The maximum Gasteiger partial charge on any atom is 0.335 e. The molecule has 0 bridgehead atoms. The molecule has 4 heterocycles. The molecule has 0 spiro atoms. The number of carboxylic acids is 2. The van der Waals surface area contributed by atoms with Crippen LogP contribution in [-0.2, 0) is 11.5 Å². The summed E-state index contributed by atoms with van der Waals surface area (Å²) < 4.78 is 3.46. The fourth-order valence-corrected chi connectivity index (χ4v) is 6.24. The number of aryl methyl sites for hydroxylation is 4. The molecule has 4 aromatic heterocycles. The second-order valence-corrected chi connectivity index (χ2v) is 12.4. The maximum atomic E-state index is 11.2. The molecule has 0 saturated carbocycles. The van der Waals surface area contributed by atoms with E-state index in [-0.39, 0.29) is 0 Å². The van der Waals surface area contributed by atoms with Crippen molar-refractivity contribution in [3.05, 3.63) is 105 Å². The molecule has 0 aliphatic heterocycles. The van der Waals surface area contributed by atoms with Crippen molar-refractivity contribution in [1.82, 2.24) is 39.2 Å². The Balaban J connectivity index is 0.000000181. The van der Waals surface area contributed by atoms with E-state index in [9.17, 15) is 19.8 Å². The van der Waals surface area contributed by atoms with Crippen molar-refractivity contribution in [2.75, 3.05) is 0 Å². The molecule has 12 nitrogen and oxygen atoms in total. The van der Waals surface area contributed by atoms with Crippen LogP contribution in [0.4, 0.5) is 0 Å². The van der Waals surface area contributed by atoms with Gasteiger partial charge in [0.2, 0.25) is 10.3 Å². The lowest BCUT2D eigenvalue weighted by molar-refractivity contribution is 0.0685. The molecule has 0 aliphatic carbocycles. The Morgan fingerprint density at radius 3 is 1.35 bits per heavy atom. The van der Waals surface area contributed by atoms with E-state index in [1.807, 2.05) is 65.8 Å². The lowest BCUT2D eigenvalue weighted by atomic mass is 10.1. The lowest BCUT2D eigenvalue weighted by Gasteiger charge is -2.04. The van der Waals surface area contributed by atoms with E-state index < -0.39 is 11.9 Å². The van der Waals surface area contributed by atoms with Gasteiger partial charge in [-0.2, -0.15) is 9.97 Å². The van der Waals surface area contributed by atoms with E-state index in [2.05, 4.69) is 30.1 Å². The van der Waals surface area contributed by atoms with E-state index >= 15 is 0 Å². The van der Waals surface area contributed by atoms with Gasteiger partial charge in [0.15, 0.2) is 0 Å². The second-order valence-electron chi connectivity index (χ2n) is 10.5. The van der Waals surface area contributed by atoms with E-state index in [1.54, 1.807) is 33.3 Å².